The second kappa shape index (κ2) is 8.43. The van der Waals surface area contributed by atoms with Crippen molar-refractivity contribution < 1.29 is 9.59 Å². The average Bonchev–Trinajstić information content (AvgIpc) is 3.37. The molecular formula is C23H24BrN5O2. The molecule has 31 heavy (non-hydrogen) atoms. The van der Waals surface area contributed by atoms with Gasteiger partial charge in [-0.3, -0.25) is 14.5 Å². The van der Waals surface area contributed by atoms with Gasteiger partial charge in [0.2, 0.25) is 11.8 Å². The van der Waals surface area contributed by atoms with Crippen molar-refractivity contribution in [1.29, 1.82) is 0 Å². The molecule has 0 N–H and O–H groups in total. The summed E-state index contributed by atoms with van der Waals surface area (Å²) in [6, 6.07) is 13.7. The molecule has 1 unspecified atom stereocenters. The highest BCUT2D eigenvalue weighted by molar-refractivity contribution is 9.10. The summed E-state index contributed by atoms with van der Waals surface area (Å²) in [5.74, 6) is -0.153. The second-order valence-corrected chi connectivity index (χ2v) is 9.08. The fourth-order valence-electron chi connectivity index (χ4n) is 4.48. The van der Waals surface area contributed by atoms with Gasteiger partial charge < -0.3 is 14.2 Å². The van der Waals surface area contributed by atoms with Crippen LogP contribution in [0.2, 0.25) is 0 Å². The van der Waals surface area contributed by atoms with Crippen molar-refractivity contribution in [2.75, 3.05) is 37.6 Å². The van der Waals surface area contributed by atoms with Gasteiger partial charge in [-0.1, -0.05) is 28.1 Å². The number of benzene rings is 1. The van der Waals surface area contributed by atoms with Crippen molar-refractivity contribution in [3.05, 3.63) is 65.0 Å². The molecule has 8 heteroatoms. The molecule has 5 rings (SSSR count). The minimum Gasteiger partial charge on any atom is -0.340 e. The first-order chi connectivity index (χ1) is 15.1. The zero-order valence-electron chi connectivity index (χ0n) is 17.2. The summed E-state index contributed by atoms with van der Waals surface area (Å²) in [7, 11) is 0. The summed E-state index contributed by atoms with van der Waals surface area (Å²) >= 11 is 3.45. The molecular weight excluding hydrogens is 458 g/mol. The van der Waals surface area contributed by atoms with Crippen LogP contribution in [0.5, 0.6) is 0 Å². The molecule has 7 nitrogen and oxygen atoms in total. The van der Waals surface area contributed by atoms with Crippen LogP contribution in [0.25, 0.3) is 5.65 Å². The fraction of sp³-hybridized carbons (Fsp3) is 0.348. The molecule has 1 atom stereocenters. The summed E-state index contributed by atoms with van der Waals surface area (Å²) in [6.45, 7) is 4.29. The SMILES string of the molecule is O=C(C1CC(=O)N(c2cccc(Br)c2)C1)N1CCN(Cc2cnc3ccccn23)CC1. The molecule has 3 aromatic rings. The number of anilines is 1. The van der Waals surface area contributed by atoms with E-state index in [1.807, 2.05) is 59.8 Å². The highest BCUT2D eigenvalue weighted by Gasteiger charge is 2.38. The van der Waals surface area contributed by atoms with E-state index < -0.39 is 0 Å². The number of amides is 2. The third kappa shape index (κ3) is 4.09. The van der Waals surface area contributed by atoms with E-state index in [1.165, 1.54) is 0 Å². The van der Waals surface area contributed by atoms with E-state index in [0.717, 1.165) is 41.1 Å². The first-order valence-corrected chi connectivity index (χ1v) is 11.4. The van der Waals surface area contributed by atoms with Crippen molar-refractivity contribution in [3.63, 3.8) is 0 Å². The molecule has 2 amide bonds. The van der Waals surface area contributed by atoms with Crippen LogP contribution in [0.15, 0.2) is 59.3 Å². The van der Waals surface area contributed by atoms with Crippen LogP contribution in [0.3, 0.4) is 0 Å². The monoisotopic (exact) mass is 481 g/mol. The Labute approximate surface area is 189 Å². The number of aromatic nitrogens is 2. The predicted octanol–water partition coefficient (Wildman–Crippen LogP) is 2.79. The van der Waals surface area contributed by atoms with Gasteiger partial charge in [0.05, 0.1) is 17.8 Å². The van der Waals surface area contributed by atoms with Crippen LogP contribution in [-0.4, -0.2) is 63.7 Å². The quantitative estimate of drug-likeness (QED) is 0.574. The Kier molecular flexibility index (Phi) is 5.50. The van der Waals surface area contributed by atoms with Crippen LogP contribution in [0.4, 0.5) is 5.69 Å². The van der Waals surface area contributed by atoms with E-state index in [-0.39, 0.29) is 24.2 Å². The van der Waals surface area contributed by atoms with Gasteiger partial charge in [-0.25, -0.2) is 4.98 Å². The number of carbonyl (C=O) groups is 2. The Morgan fingerprint density at radius 1 is 1.10 bits per heavy atom. The molecule has 2 aliphatic heterocycles. The van der Waals surface area contributed by atoms with Crippen molar-refractivity contribution in [2.24, 2.45) is 5.92 Å². The van der Waals surface area contributed by atoms with E-state index in [1.54, 1.807) is 4.90 Å². The van der Waals surface area contributed by atoms with E-state index >= 15 is 0 Å². The number of carbonyl (C=O) groups excluding carboxylic acids is 2. The molecule has 0 aliphatic carbocycles. The van der Waals surface area contributed by atoms with Gasteiger partial charge >= 0.3 is 0 Å². The van der Waals surface area contributed by atoms with Gasteiger partial charge in [0.1, 0.15) is 5.65 Å². The summed E-state index contributed by atoms with van der Waals surface area (Å²) in [4.78, 5) is 36.1. The van der Waals surface area contributed by atoms with Crippen molar-refractivity contribution >= 4 is 39.1 Å². The molecule has 2 fully saturated rings. The number of hydrogen-bond acceptors (Lipinski definition) is 4. The maximum Gasteiger partial charge on any atom is 0.228 e. The van der Waals surface area contributed by atoms with Gasteiger partial charge in [-0.05, 0) is 30.3 Å². The summed E-state index contributed by atoms with van der Waals surface area (Å²) in [5, 5.41) is 0. The first-order valence-electron chi connectivity index (χ1n) is 10.6. The smallest absolute Gasteiger partial charge is 0.228 e. The zero-order valence-corrected chi connectivity index (χ0v) is 18.7. The van der Waals surface area contributed by atoms with Gasteiger partial charge in [0.15, 0.2) is 0 Å². The van der Waals surface area contributed by atoms with E-state index in [2.05, 4.69) is 30.2 Å². The van der Waals surface area contributed by atoms with Gasteiger partial charge in [-0.2, -0.15) is 0 Å². The molecule has 0 saturated carbocycles. The molecule has 4 heterocycles. The van der Waals surface area contributed by atoms with Crippen LogP contribution < -0.4 is 4.90 Å². The Balaban J connectivity index is 1.18. The lowest BCUT2D eigenvalue weighted by atomic mass is 10.1. The summed E-state index contributed by atoms with van der Waals surface area (Å²) in [6.07, 6.45) is 4.24. The normalized spacial score (nSPS) is 20.0. The van der Waals surface area contributed by atoms with Crippen LogP contribution in [0.1, 0.15) is 12.1 Å². The van der Waals surface area contributed by atoms with E-state index in [4.69, 9.17) is 0 Å². The molecule has 2 aliphatic rings. The number of imidazole rings is 1. The first kappa shape index (κ1) is 20.2. The topological polar surface area (TPSA) is 61.2 Å². The minimum atomic E-state index is -0.267. The number of pyridine rings is 1. The Morgan fingerprint density at radius 2 is 1.94 bits per heavy atom. The van der Waals surface area contributed by atoms with Crippen molar-refractivity contribution in [2.45, 2.75) is 13.0 Å². The summed E-state index contributed by atoms with van der Waals surface area (Å²) in [5.41, 5.74) is 2.95. The number of piperazine rings is 1. The number of halogens is 1. The fourth-order valence-corrected chi connectivity index (χ4v) is 4.87. The van der Waals surface area contributed by atoms with Gasteiger partial charge in [0.25, 0.3) is 0 Å². The molecule has 0 radical (unpaired) electrons. The summed E-state index contributed by atoms with van der Waals surface area (Å²) < 4.78 is 3.03. The second-order valence-electron chi connectivity index (χ2n) is 8.17. The number of hydrogen-bond donors (Lipinski definition) is 0. The van der Waals surface area contributed by atoms with Crippen molar-refractivity contribution in [1.82, 2.24) is 19.2 Å². The molecule has 160 valence electrons. The van der Waals surface area contributed by atoms with Crippen LogP contribution >= 0.6 is 15.9 Å². The van der Waals surface area contributed by atoms with Crippen molar-refractivity contribution in [3.8, 4) is 0 Å². The van der Waals surface area contributed by atoms with E-state index in [0.29, 0.717) is 19.6 Å². The van der Waals surface area contributed by atoms with Gasteiger partial charge in [0, 0.05) is 62.0 Å². The number of nitrogens with zero attached hydrogens (tertiary/aromatic N) is 5. The maximum absolute atomic E-state index is 13.1. The lowest BCUT2D eigenvalue weighted by molar-refractivity contribution is -0.137. The number of rotatable bonds is 4. The predicted molar refractivity (Wildman–Crippen MR) is 122 cm³/mol. The third-order valence-electron chi connectivity index (χ3n) is 6.16. The Morgan fingerprint density at radius 3 is 2.74 bits per heavy atom. The lowest BCUT2D eigenvalue weighted by Gasteiger charge is -2.35. The Bertz CT molecular complexity index is 1120. The molecule has 0 bridgehead atoms. The lowest BCUT2D eigenvalue weighted by Crippen LogP contribution is -2.50. The van der Waals surface area contributed by atoms with Gasteiger partial charge in [-0.15, -0.1) is 0 Å². The standard InChI is InChI=1S/C23H24BrN5O2/c24-18-4-3-5-19(13-18)29-15-17(12-22(29)30)23(31)27-10-8-26(9-11-27)16-20-14-25-21-6-1-2-7-28(20)21/h1-7,13-14,17H,8-12,15-16H2. The highest BCUT2D eigenvalue weighted by Crippen LogP contribution is 2.28. The van der Waals surface area contributed by atoms with Crippen LogP contribution in [-0.2, 0) is 16.1 Å². The zero-order chi connectivity index (χ0) is 21.4. The minimum absolute atomic E-state index is 0.0164. The highest BCUT2D eigenvalue weighted by atomic mass is 79.9. The number of fused-ring (bicyclic) bond motifs is 1. The molecule has 0 spiro atoms. The molecule has 2 aromatic heterocycles. The Hall–Kier alpha value is -2.71. The molecule has 2 saturated heterocycles. The maximum atomic E-state index is 13.1. The average molecular weight is 482 g/mol. The van der Waals surface area contributed by atoms with E-state index in [9.17, 15) is 9.59 Å². The molecule has 1 aromatic carbocycles. The van der Waals surface area contributed by atoms with Crippen LogP contribution in [0, 0.1) is 5.92 Å². The largest absolute Gasteiger partial charge is 0.340 e. The third-order valence-corrected chi connectivity index (χ3v) is 6.65.